The standard InChI is InChI=1S/C16H17ClN2O/c17-14-10-8-13(9-11-14)5-4-12-18-16(20)19-15-6-2-1-3-7-15/h1-3,6-11H,4-5,12H2,(H2,18,19,20). The summed E-state index contributed by atoms with van der Waals surface area (Å²) in [5, 5.41) is 6.36. The van der Waals surface area contributed by atoms with Crippen molar-refractivity contribution in [3.8, 4) is 0 Å². The van der Waals surface area contributed by atoms with Gasteiger partial charge in [0.15, 0.2) is 0 Å². The number of para-hydroxylation sites is 1. The van der Waals surface area contributed by atoms with Crippen molar-refractivity contribution in [2.45, 2.75) is 12.8 Å². The molecule has 0 saturated heterocycles. The fourth-order valence-corrected chi connectivity index (χ4v) is 1.97. The van der Waals surface area contributed by atoms with Gasteiger partial charge in [-0.05, 0) is 42.7 Å². The van der Waals surface area contributed by atoms with Gasteiger partial charge in [0.25, 0.3) is 0 Å². The van der Waals surface area contributed by atoms with Crippen LogP contribution in [-0.4, -0.2) is 12.6 Å². The van der Waals surface area contributed by atoms with E-state index in [-0.39, 0.29) is 6.03 Å². The number of carbonyl (C=O) groups is 1. The van der Waals surface area contributed by atoms with E-state index in [0.29, 0.717) is 6.54 Å². The fraction of sp³-hybridized carbons (Fsp3) is 0.188. The third-order valence-electron chi connectivity index (χ3n) is 2.87. The Labute approximate surface area is 124 Å². The van der Waals surface area contributed by atoms with Gasteiger partial charge in [-0.15, -0.1) is 0 Å². The van der Waals surface area contributed by atoms with Gasteiger partial charge >= 0.3 is 6.03 Å². The number of hydrogen-bond donors (Lipinski definition) is 2. The van der Waals surface area contributed by atoms with Gasteiger partial charge in [-0.1, -0.05) is 41.9 Å². The Balaban J connectivity index is 1.66. The first-order valence-electron chi connectivity index (χ1n) is 6.58. The highest BCUT2D eigenvalue weighted by molar-refractivity contribution is 6.30. The molecule has 2 aromatic carbocycles. The van der Waals surface area contributed by atoms with E-state index in [0.717, 1.165) is 23.6 Å². The van der Waals surface area contributed by atoms with E-state index < -0.39 is 0 Å². The van der Waals surface area contributed by atoms with Crippen LogP contribution in [0, 0.1) is 0 Å². The second-order valence-corrected chi connectivity index (χ2v) is 4.91. The zero-order valence-electron chi connectivity index (χ0n) is 11.1. The van der Waals surface area contributed by atoms with Gasteiger partial charge in [0, 0.05) is 17.3 Å². The maximum atomic E-state index is 11.6. The molecule has 2 aromatic rings. The third-order valence-corrected chi connectivity index (χ3v) is 3.12. The highest BCUT2D eigenvalue weighted by atomic mass is 35.5. The maximum Gasteiger partial charge on any atom is 0.319 e. The van der Waals surface area contributed by atoms with Crippen LogP contribution in [0.3, 0.4) is 0 Å². The summed E-state index contributed by atoms with van der Waals surface area (Å²) in [7, 11) is 0. The molecule has 0 heterocycles. The zero-order chi connectivity index (χ0) is 14.2. The lowest BCUT2D eigenvalue weighted by molar-refractivity contribution is 0.252. The van der Waals surface area contributed by atoms with Gasteiger partial charge in [0.2, 0.25) is 0 Å². The molecule has 3 nitrogen and oxygen atoms in total. The molecule has 0 aliphatic heterocycles. The highest BCUT2D eigenvalue weighted by Crippen LogP contribution is 2.10. The summed E-state index contributed by atoms with van der Waals surface area (Å²) in [5.41, 5.74) is 2.02. The Morgan fingerprint density at radius 3 is 2.40 bits per heavy atom. The molecule has 0 saturated carbocycles. The normalized spacial score (nSPS) is 10.1. The number of amides is 2. The minimum Gasteiger partial charge on any atom is -0.338 e. The lowest BCUT2D eigenvalue weighted by atomic mass is 10.1. The van der Waals surface area contributed by atoms with Crippen molar-refractivity contribution in [1.82, 2.24) is 5.32 Å². The van der Waals surface area contributed by atoms with Crippen molar-refractivity contribution in [2.75, 3.05) is 11.9 Å². The summed E-state index contributed by atoms with van der Waals surface area (Å²) in [6.45, 7) is 0.640. The first-order valence-corrected chi connectivity index (χ1v) is 6.96. The molecule has 0 bridgehead atoms. The second-order valence-electron chi connectivity index (χ2n) is 4.48. The fourth-order valence-electron chi connectivity index (χ4n) is 1.84. The molecule has 2 N–H and O–H groups in total. The van der Waals surface area contributed by atoms with E-state index in [1.165, 1.54) is 5.56 Å². The van der Waals surface area contributed by atoms with Crippen LogP contribution in [-0.2, 0) is 6.42 Å². The molecule has 2 rings (SSSR count). The van der Waals surface area contributed by atoms with E-state index >= 15 is 0 Å². The van der Waals surface area contributed by atoms with Crippen molar-refractivity contribution in [3.63, 3.8) is 0 Å². The zero-order valence-corrected chi connectivity index (χ0v) is 11.9. The molecule has 2 amide bonds. The van der Waals surface area contributed by atoms with Crippen molar-refractivity contribution >= 4 is 23.3 Å². The van der Waals surface area contributed by atoms with E-state index in [2.05, 4.69) is 10.6 Å². The Bertz CT molecular complexity index is 540. The van der Waals surface area contributed by atoms with Gasteiger partial charge in [0.05, 0.1) is 0 Å². The lowest BCUT2D eigenvalue weighted by Crippen LogP contribution is -2.29. The monoisotopic (exact) mass is 288 g/mol. The number of aryl methyl sites for hydroxylation is 1. The van der Waals surface area contributed by atoms with Gasteiger partial charge in [0.1, 0.15) is 0 Å². The number of halogens is 1. The van der Waals surface area contributed by atoms with Crippen LogP contribution in [0.4, 0.5) is 10.5 Å². The van der Waals surface area contributed by atoms with Crippen molar-refractivity contribution in [1.29, 1.82) is 0 Å². The molecule has 0 aliphatic rings. The minimum atomic E-state index is -0.174. The van der Waals surface area contributed by atoms with Crippen molar-refractivity contribution in [3.05, 3.63) is 65.2 Å². The molecule has 0 radical (unpaired) electrons. The van der Waals surface area contributed by atoms with Gasteiger partial charge in [-0.2, -0.15) is 0 Å². The van der Waals surface area contributed by atoms with E-state index in [4.69, 9.17) is 11.6 Å². The first-order chi connectivity index (χ1) is 9.74. The quantitative estimate of drug-likeness (QED) is 0.799. The Hall–Kier alpha value is -2.00. The molecule has 104 valence electrons. The maximum absolute atomic E-state index is 11.6. The predicted molar refractivity (Wildman–Crippen MR) is 83.2 cm³/mol. The van der Waals surface area contributed by atoms with E-state index in [9.17, 15) is 4.79 Å². The van der Waals surface area contributed by atoms with Crippen LogP contribution in [0.15, 0.2) is 54.6 Å². The van der Waals surface area contributed by atoms with Crippen LogP contribution in [0.1, 0.15) is 12.0 Å². The molecular formula is C16H17ClN2O. The predicted octanol–water partition coefficient (Wildman–Crippen LogP) is 4.09. The summed E-state index contributed by atoms with van der Waals surface area (Å²) < 4.78 is 0. The van der Waals surface area contributed by atoms with Crippen molar-refractivity contribution < 1.29 is 4.79 Å². The minimum absolute atomic E-state index is 0.174. The number of carbonyl (C=O) groups excluding carboxylic acids is 1. The topological polar surface area (TPSA) is 41.1 Å². The van der Waals surface area contributed by atoms with Crippen LogP contribution >= 0.6 is 11.6 Å². The van der Waals surface area contributed by atoms with Gasteiger partial charge in [-0.25, -0.2) is 4.79 Å². The molecule has 4 heteroatoms. The third kappa shape index (κ3) is 4.94. The van der Waals surface area contributed by atoms with E-state index in [1.54, 1.807) is 0 Å². The Kier molecular flexibility index (Phi) is 5.44. The average Bonchev–Trinajstić information content (AvgIpc) is 2.46. The summed E-state index contributed by atoms with van der Waals surface area (Å²) >= 11 is 5.83. The van der Waals surface area contributed by atoms with Crippen LogP contribution in [0.25, 0.3) is 0 Å². The average molecular weight is 289 g/mol. The van der Waals surface area contributed by atoms with Gasteiger partial charge in [-0.3, -0.25) is 0 Å². The SMILES string of the molecule is O=C(NCCCc1ccc(Cl)cc1)Nc1ccccc1. The smallest absolute Gasteiger partial charge is 0.319 e. The van der Waals surface area contributed by atoms with Crippen LogP contribution in [0.5, 0.6) is 0 Å². The summed E-state index contributed by atoms with van der Waals surface area (Å²) in [6, 6.07) is 17.0. The number of anilines is 1. The highest BCUT2D eigenvalue weighted by Gasteiger charge is 2.00. The molecule has 0 atom stereocenters. The van der Waals surface area contributed by atoms with Crippen LogP contribution in [0.2, 0.25) is 5.02 Å². The molecule has 0 fully saturated rings. The number of nitrogens with one attached hydrogen (secondary N) is 2. The summed E-state index contributed by atoms with van der Waals surface area (Å²) in [4.78, 5) is 11.6. The summed E-state index contributed by atoms with van der Waals surface area (Å²) in [6.07, 6.45) is 1.81. The number of urea groups is 1. The number of hydrogen-bond acceptors (Lipinski definition) is 1. The molecular weight excluding hydrogens is 272 g/mol. The number of benzene rings is 2. The second kappa shape index (κ2) is 7.56. The molecule has 0 aromatic heterocycles. The molecule has 0 aliphatic carbocycles. The number of rotatable bonds is 5. The Morgan fingerprint density at radius 1 is 1.00 bits per heavy atom. The van der Waals surface area contributed by atoms with Crippen LogP contribution < -0.4 is 10.6 Å². The molecule has 0 spiro atoms. The van der Waals surface area contributed by atoms with Gasteiger partial charge < -0.3 is 10.6 Å². The molecule has 0 unspecified atom stereocenters. The summed E-state index contributed by atoms with van der Waals surface area (Å²) in [5.74, 6) is 0. The first kappa shape index (κ1) is 14.4. The lowest BCUT2D eigenvalue weighted by Gasteiger charge is -2.07. The molecule has 20 heavy (non-hydrogen) atoms. The van der Waals surface area contributed by atoms with Crippen molar-refractivity contribution in [2.24, 2.45) is 0 Å². The Morgan fingerprint density at radius 2 is 1.70 bits per heavy atom. The largest absolute Gasteiger partial charge is 0.338 e. The van der Waals surface area contributed by atoms with E-state index in [1.807, 2.05) is 54.6 Å².